The van der Waals surface area contributed by atoms with Crippen molar-refractivity contribution in [2.75, 3.05) is 18.9 Å². The predicted molar refractivity (Wildman–Crippen MR) is 177 cm³/mol. The van der Waals surface area contributed by atoms with Crippen LogP contribution in [0.4, 0.5) is 5.82 Å². The van der Waals surface area contributed by atoms with Gasteiger partial charge in [-0.1, -0.05) is 35.9 Å². The van der Waals surface area contributed by atoms with Crippen molar-refractivity contribution >= 4 is 11.6 Å². The van der Waals surface area contributed by atoms with Crippen LogP contribution < -0.4 is 11.2 Å². The second-order valence-electron chi connectivity index (χ2n) is 12.0. The van der Waals surface area contributed by atoms with Gasteiger partial charge in [0.05, 0.1) is 12.0 Å². The molecule has 1 saturated heterocycles. The average molecular weight is 600 g/mol. The first-order chi connectivity index (χ1) is 21.7. The number of hydrogen-bond donors (Lipinski definition) is 1. The maximum atomic E-state index is 13.7. The van der Waals surface area contributed by atoms with Crippen LogP contribution >= 0.6 is 0 Å². The highest BCUT2D eigenvalue weighted by molar-refractivity contribution is 5.98. The van der Waals surface area contributed by atoms with Crippen molar-refractivity contribution in [1.29, 1.82) is 0 Å². The molecule has 0 bridgehead atoms. The molecule has 1 aliphatic heterocycles. The largest absolute Gasteiger partial charge is 0.383 e. The Morgan fingerprint density at radius 2 is 1.53 bits per heavy atom. The summed E-state index contributed by atoms with van der Waals surface area (Å²) in [5.74, 6) is 0.558. The van der Waals surface area contributed by atoms with E-state index in [9.17, 15) is 9.59 Å². The molecule has 228 valence electrons. The first-order valence-corrected chi connectivity index (χ1v) is 15.3. The van der Waals surface area contributed by atoms with Crippen molar-refractivity contribution in [3.8, 4) is 33.4 Å². The number of ketones is 1. The lowest BCUT2D eigenvalue weighted by Crippen LogP contribution is -2.25. The lowest BCUT2D eigenvalue weighted by molar-refractivity contribution is 0.0612. The quantitative estimate of drug-likeness (QED) is 0.206. The third-order valence-electron chi connectivity index (χ3n) is 8.36. The Morgan fingerprint density at radius 1 is 0.844 bits per heavy atom. The molecule has 45 heavy (non-hydrogen) atoms. The number of anilines is 1. The van der Waals surface area contributed by atoms with Crippen LogP contribution in [0.25, 0.3) is 33.4 Å². The average Bonchev–Trinajstić information content (AvgIpc) is 3.03. The summed E-state index contributed by atoms with van der Waals surface area (Å²) in [7, 11) is 0. The zero-order valence-electron chi connectivity index (χ0n) is 25.9. The summed E-state index contributed by atoms with van der Waals surface area (Å²) in [4.78, 5) is 40.9. The first kappa shape index (κ1) is 30.1. The second kappa shape index (κ2) is 13.0. The Labute approximate surface area is 263 Å². The van der Waals surface area contributed by atoms with Crippen LogP contribution in [0.2, 0.25) is 0 Å². The normalized spacial score (nSPS) is 13.6. The number of benzene rings is 1. The SMILES string of the molecule is Cc1ccc(-c2cn(CC3CCOCC3)cc(C(=O)Cc3ccc(-c4cc(-c5cc(C)nc(C)c5)cnc4N)cn3)c2=O)cc1. The van der Waals surface area contributed by atoms with Gasteiger partial charge in [-0.25, -0.2) is 4.98 Å². The van der Waals surface area contributed by atoms with Crippen LogP contribution in [0.3, 0.4) is 0 Å². The minimum atomic E-state index is -0.263. The summed E-state index contributed by atoms with van der Waals surface area (Å²) >= 11 is 0. The Morgan fingerprint density at radius 3 is 2.22 bits per heavy atom. The van der Waals surface area contributed by atoms with Crippen molar-refractivity contribution in [2.24, 2.45) is 5.92 Å². The highest BCUT2D eigenvalue weighted by Crippen LogP contribution is 2.30. The van der Waals surface area contributed by atoms with Gasteiger partial charge >= 0.3 is 0 Å². The number of nitrogen functional groups attached to an aromatic ring is 1. The van der Waals surface area contributed by atoms with Gasteiger partial charge in [-0.05, 0) is 74.9 Å². The van der Waals surface area contributed by atoms with Gasteiger partial charge in [0.15, 0.2) is 11.2 Å². The number of nitrogens with two attached hydrogens (primary N) is 1. The molecule has 0 atom stereocenters. The summed E-state index contributed by atoms with van der Waals surface area (Å²) < 4.78 is 7.54. The Balaban J connectivity index is 1.27. The van der Waals surface area contributed by atoms with Crippen LogP contribution in [0.1, 0.15) is 45.8 Å². The highest BCUT2D eigenvalue weighted by Gasteiger charge is 2.20. The minimum absolute atomic E-state index is 0.00742. The van der Waals surface area contributed by atoms with E-state index in [2.05, 4.69) is 15.0 Å². The molecule has 8 nitrogen and oxygen atoms in total. The van der Waals surface area contributed by atoms with E-state index in [-0.39, 0.29) is 23.2 Å². The maximum Gasteiger partial charge on any atom is 0.200 e. The topological polar surface area (TPSA) is 113 Å². The number of carbonyl (C=O) groups excluding carboxylic acids is 1. The molecule has 1 aliphatic rings. The van der Waals surface area contributed by atoms with E-state index >= 15 is 0 Å². The zero-order chi connectivity index (χ0) is 31.5. The molecule has 0 amide bonds. The van der Waals surface area contributed by atoms with Gasteiger partial charge < -0.3 is 15.0 Å². The van der Waals surface area contributed by atoms with Crippen molar-refractivity contribution in [2.45, 2.75) is 46.6 Å². The Hall–Kier alpha value is -4.95. The molecule has 8 heteroatoms. The lowest BCUT2D eigenvalue weighted by atomic mass is 9.98. The number of hydrogen-bond acceptors (Lipinski definition) is 7. The van der Waals surface area contributed by atoms with Gasteiger partial charge in [0.2, 0.25) is 0 Å². The van der Waals surface area contributed by atoms with Crippen LogP contribution in [-0.4, -0.2) is 38.5 Å². The predicted octanol–water partition coefficient (Wildman–Crippen LogP) is 6.39. The monoisotopic (exact) mass is 599 g/mol. The molecule has 2 N–H and O–H groups in total. The summed E-state index contributed by atoms with van der Waals surface area (Å²) in [6.45, 7) is 8.13. The van der Waals surface area contributed by atoms with Gasteiger partial charge in [-0.3, -0.25) is 19.6 Å². The summed E-state index contributed by atoms with van der Waals surface area (Å²) in [5.41, 5.74) is 14.5. The number of aromatic nitrogens is 4. The minimum Gasteiger partial charge on any atom is -0.383 e. The van der Waals surface area contributed by atoms with E-state index in [1.807, 2.05) is 86.1 Å². The van der Waals surface area contributed by atoms with E-state index in [0.717, 1.165) is 77.4 Å². The number of aryl methyl sites for hydroxylation is 3. The van der Waals surface area contributed by atoms with E-state index in [1.54, 1.807) is 18.6 Å². The van der Waals surface area contributed by atoms with Crippen LogP contribution in [0.5, 0.6) is 0 Å². The van der Waals surface area contributed by atoms with Crippen LogP contribution in [0, 0.1) is 26.7 Å². The lowest BCUT2D eigenvalue weighted by Gasteiger charge is -2.23. The molecule has 0 saturated carbocycles. The van der Waals surface area contributed by atoms with E-state index in [4.69, 9.17) is 10.5 Å². The molecule has 5 aromatic rings. The Kier molecular flexibility index (Phi) is 8.67. The van der Waals surface area contributed by atoms with Crippen LogP contribution in [0.15, 0.2) is 84.2 Å². The number of rotatable bonds is 8. The molecule has 4 aromatic heterocycles. The fourth-order valence-corrected chi connectivity index (χ4v) is 5.91. The van der Waals surface area contributed by atoms with Crippen molar-refractivity contribution < 1.29 is 9.53 Å². The summed E-state index contributed by atoms with van der Waals surface area (Å²) in [5, 5.41) is 0. The number of ether oxygens (including phenoxy) is 1. The first-order valence-electron chi connectivity index (χ1n) is 15.3. The van der Waals surface area contributed by atoms with Gasteiger partial charge in [-0.2, -0.15) is 0 Å². The van der Waals surface area contributed by atoms with Crippen molar-refractivity contribution in [3.05, 3.63) is 118 Å². The van der Waals surface area contributed by atoms with Gasteiger partial charge in [0.25, 0.3) is 0 Å². The molecular weight excluding hydrogens is 562 g/mol. The molecule has 6 rings (SSSR count). The fourth-order valence-electron chi connectivity index (χ4n) is 5.91. The molecule has 0 radical (unpaired) electrons. The third-order valence-corrected chi connectivity index (χ3v) is 8.36. The number of pyridine rings is 4. The van der Waals surface area contributed by atoms with Gasteiger partial charge in [0.1, 0.15) is 5.82 Å². The zero-order valence-corrected chi connectivity index (χ0v) is 25.9. The molecule has 1 fully saturated rings. The van der Waals surface area contributed by atoms with E-state index in [1.165, 1.54) is 0 Å². The highest BCUT2D eigenvalue weighted by atomic mass is 16.5. The smallest absolute Gasteiger partial charge is 0.200 e. The standard InChI is InChI=1S/C37H37N5O3/c1-23-4-6-27(7-5-23)33-21-42(20-26-10-12-45-13-11-26)22-34(36(33)44)35(43)17-31-9-8-28(18-39-31)32-16-30(19-40-37(32)38)29-14-24(2)41-25(3)15-29/h4-9,14-16,18-19,21-22,26H,10-13,17,20H2,1-3H3,(H2,38,40). The van der Waals surface area contributed by atoms with E-state index in [0.29, 0.717) is 23.0 Å². The summed E-state index contributed by atoms with van der Waals surface area (Å²) in [6.07, 6.45) is 8.97. The number of nitrogens with zero attached hydrogens (tertiary/aromatic N) is 4. The van der Waals surface area contributed by atoms with Gasteiger partial charge in [0, 0.05) is 83.9 Å². The van der Waals surface area contributed by atoms with Crippen LogP contribution in [-0.2, 0) is 17.7 Å². The molecular formula is C37H37N5O3. The molecule has 1 aromatic carbocycles. The van der Waals surface area contributed by atoms with Crippen molar-refractivity contribution in [3.63, 3.8) is 0 Å². The third kappa shape index (κ3) is 6.91. The fraction of sp³-hybridized carbons (Fsp3) is 0.270. The maximum absolute atomic E-state index is 13.7. The number of carbonyl (C=O) groups is 1. The van der Waals surface area contributed by atoms with E-state index < -0.39 is 0 Å². The second-order valence-corrected chi connectivity index (χ2v) is 12.0. The summed E-state index contributed by atoms with van der Waals surface area (Å²) in [6, 6.07) is 17.6. The Bertz CT molecular complexity index is 1890. The molecule has 0 aliphatic carbocycles. The van der Waals surface area contributed by atoms with Crippen molar-refractivity contribution in [1.82, 2.24) is 19.5 Å². The molecule has 5 heterocycles. The number of Topliss-reactive ketones (excluding diaryl/α,β-unsaturated/α-hetero) is 1. The molecule has 0 spiro atoms. The molecule has 0 unspecified atom stereocenters. The van der Waals surface area contributed by atoms with Gasteiger partial charge in [-0.15, -0.1) is 0 Å².